The van der Waals surface area contributed by atoms with E-state index in [-0.39, 0.29) is 23.0 Å². The molecule has 8 rings (SSSR count). The van der Waals surface area contributed by atoms with Crippen molar-refractivity contribution in [1.29, 1.82) is 0 Å². The SMILES string of the molecule is C=CCN1CCC23c4c5ccc(OCc6ccc(B7OC(C)(C)C(C)(C)O7)cc6)c4O[C@@H]2C(=O)CC[C@@]3(O)CC51. The molecule has 0 amide bonds. The zero-order chi connectivity index (χ0) is 28.1. The number of carbonyl (C=O) groups is 1. The molecule has 3 fully saturated rings. The van der Waals surface area contributed by atoms with E-state index in [2.05, 4.69) is 45.2 Å². The molecule has 1 saturated carbocycles. The van der Waals surface area contributed by atoms with Crippen molar-refractivity contribution in [1.82, 2.24) is 4.90 Å². The van der Waals surface area contributed by atoms with E-state index in [4.69, 9.17) is 18.8 Å². The molecule has 2 unspecified atom stereocenters. The normalized spacial score (nSPS) is 32.9. The molecule has 2 aromatic rings. The molecule has 0 aromatic heterocycles. The molecule has 210 valence electrons. The maximum absolute atomic E-state index is 13.3. The molecule has 4 atom stereocenters. The quantitative estimate of drug-likeness (QED) is 0.436. The number of hydrogen-bond acceptors (Lipinski definition) is 7. The average molecular weight is 543 g/mol. The molecule has 4 aliphatic heterocycles. The summed E-state index contributed by atoms with van der Waals surface area (Å²) in [6.07, 6.45) is 3.35. The Morgan fingerprint density at radius 3 is 2.52 bits per heavy atom. The highest BCUT2D eigenvalue weighted by atomic mass is 16.7. The number of fused-ring (bicyclic) bond motifs is 2. The summed E-state index contributed by atoms with van der Waals surface area (Å²) in [4.78, 5) is 15.6. The summed E-state index contributed by atoms with van der Waals surface area (Å²) in [5.41, 5.74) is 1.62. The average Bonchev–Trinajstić information content (AvgIpc) is 3.29. The van der Waals surface area contributed by atoms with E-state index in [0.29, 0.717) is 43.8 Å². The van der Waals surface area contributed by atoms with Crippen LogP contribution in [0.2, 0.25) is 0 Å². The first kappa shape index (κ1) is 26.3. The van der Waals surface area contributed by atoms with E-state index in [9.17, 15) is 9.90 Å². The molecule has 4 heterocycles. The molecule has 0 radical (unpaired) electrons. The first-order valence-corrected chi connectivity index (χ1v) is 14.5. The van der Waals surface area contributed by atoms with E-state index in [1.54, 1.807) is 0 Å². The highest BCUT2D eigenvalue weighted by molar-refractivity contribution is 6.62. The van der Waals surface area contributed by atoms with Crippen LogP contribution in [0.25, 0.3) is 0 Å². The molecule has 2 bridgehead atoms. The fraction of sp³-hybridized carbons (Fsp3) is 0.531. The van der Waals surface area contributed by atoms with Crippen molar-refractivity contribution in [3.05, 3.63) is 65.7 Å². The minimum atomic E-state index is -0.980. The van der Waals surface area contributed by atoms with Gasteiger partial charge in [0.25, 0.3) is 0 Å². The van der Waals surface area contributed by atoms with Crippen LogP contribution in [0.4, 0.5) is 0 Å². The van der Waals surface area contributed by atoms with E-state index in [1.165, 1.54) is 0 Å². The molecular formula is C32H38BNO6. The highest BCUT2D eigenvalue weighted by Gasteiger charge is 2.70. The largest absolute Gasteiger partial charge is 0.494 e. The third-order valence-corrected chi connectivity index (χ3v) is 10.6. The van der Waals surface area contributed by atoms with Gasteiger partial charge in [0.05, 0.1) is 22.2 Å². The van der Waals surface area contributed by atoms with Crippen molar-refractivity contribution in [3.63, 3.8) is 0 Å². The Morgan fingerprint density at radius 2 is 1.82 bits per heavy atom. The highest BCUT2D eigenvalue weighted by Crippen LogP contribution is 2.66. The van der Waals surface area contributed by atoms with Crippen LogP contribution in [0, 0.1) is 0 Å². The van der Waals surface area contributed by atoms with Gasteiger partial charge in [-0.05, 0) is 69.6 Å². The number of ether oxygens (including phenoxy) is 2. The fourth-order valence-electron chi connectivity index (χ4n) is 7.70. The number of rotatable bonds is 6. The molecule has 8 heteroatoms. The van der Waals surface area contributed by atoms with E-state index in [0.717, 1.165) is 35.2 Å². The van der Waals surface area contributed by atoms with Gasteiger partial charge in [0.15, 0.2) is 23.4 Å². The number of aliphatic hydroxyl groups is 1. The first-order valence-electron chi connectivity index (χ1n) is 14.5. The maximum atomic E-state index is 13.3. The lowest BCUT2D eigenvalue weighted by atomic mass is 9.52. The molecule has 2 aliphatic carbocycles. The number of ketones is 1. The topological polar surface area (TPSA) is 77.5 Å². The van der Waals surface area contributed by atoms with Gasteiger partial charge in [0.2, 0.25) is 0 Å². The summed E-state index contributed by atoms with van der Waals surface area (Å²) in [6, 6.07) is 12.2. The number of Topliss-reactive ketones (excluding diaryl/α,β-unsaturated/α-hetero) is 1. The van der Waals surface area contributed by atoms with Gasteiger partial charge in [-0.25, -0.2) is 0 Å². The second kappa shape index (κ2) is 8.68. The van der Waals surface area contributed by atoms with Gasteiger partial charge < -0.3 is 23.9 Å². The smallest absolute Gasteiger partial charge is 0.485 e. The van der Waals surface area contributed by atoms with Gasteiger partial charge >= 0.3 is 7.12 Å². The van der Waals surface area contributed by atoms with Gasteiger partial charge in [0, 0.05) is 31.1 Å². The Labute approximate surface area is 236 Å². The van der Waals surface area contributed by atoms with Crippen molar-refractivity contribution in [2.45, 2.75) is 94.3 Å². The molecule has 2 aromatic carbocycles. The maximum Gasteiger partial charge on any atom is 0.494 e. The Bertz CT molecular complexity index is 1370. The Kier molecular flexibility index (Phi) is 5.70. The summed E-state index contributed by atoms with van der Waals surface area (Å²) < 4.78 is 25.2. The summed E-state index contributed by atoms with van der Waals surface area (Å²) in [6.45, 7) is 14.0. The number of carbonyl (C=O) groups excluding carboxylic acids is 1. The van der Waals surface area contributed by atoms with Crippen LogP contribution >= 0.6 is 0 Å². The van der Waals surface area contributed by atoms with Gasteiger partial charge in [0.1, 0.15) is 6.61 Å². The van der Waals surface area contributed by atoms with Crippen LogP contribution < -0.4 is 14.9 Å². The molecule has 40 heavy (non-hydrogen) atoms. The number of hydrogen-bond donors (Lipinski definition) is 1. The third kappa shape index (κ3) is 3.49. The Hall–Kier alpha value is -2.65. The lowest BCUT2D eigenvalue weighted by molar-refractivity contribution is -0.153. The van der Waals surface area contributed by atoms with Gasteiger partial charge in [-0.3, -0.25) is 9.69 Å². The molecular weight excluding hydrogens is 505 g/mol. The van der Waals surface area contributed by atoms with Crippen LogP contribution in [0.1, 0.15) is 76.1 Å². The lowest BCUT2D eigenvalue weighted by Gasteiger charge is -2.53. The molecule has 7 nitrogen and oxygen atoms in total. The second-order valence-corrected chi connectivity index (χ2v) is 13.2. The van der Waals surface area contributed by atoms with Crippen molar-refractivity contribution < 1.29 is 28.7 Å². The van der Waals surface area contributed by atoms with Crippen molar-refractivity contribution in [2.24, 2.45) is 0 Å². The van der Waals surface area contributed by atoms with Crippen LogP contribution in [0.5, 0.6) is 11.5 Å². The molecule has 6 aliphatic rings. The lowest BCUT2D eigenvalue weighted by Crippen LogP contribution is -2.64. The minimum Gasteiger partial charge on any atom is -0.485 e. The van der Waals surface area contributed by atoms with Crippen LogP contribution in [-0.4, -0.2) is 58.9 Å². The monoisotopic (exact) mass is 543 g/mol. The summed E-state index contributed by atoms with van der Waals surface area (Å²) in [5.74, 6) is 1.33. The van der Waals surface area contributed by atoms with E-state index in [1.807, 2.05) is 36.4 Å². The Morgan fingerprint density at radius 1 is 1.10 bits per heavy atom. The Balaban J connectivity index is 1.18. The first-order chi connectivity index (χ1) is 19.0. The van der Waals surface area contributed by atoms with Gasteiger partial charge in [-0.15, -0.1) is 6.58 Å². The molecule has 2 saturated heterocycles. The predicted molar refractivity (Wildman–Crippen MR) is 152 cm³/mol. The van der Waals surface area contributed by atoms with E-state index < -0.39 is 24.2 Å². The van der Waals surface area contributed by atoms with Crippen LogP contribution in [-0.2, 0) is 26.1 Å². The van der Waals surface area contributed by atoms with Crippen molar-refractivity contribution in [2.75, 3.05) is 13.1 Å². The predicted octanol–water partition coefficient (Wildman–Crippen LogP) is 3.99. The number of benzene rings is 2. The van der Waals surface area contributed by atoms with Crippen molar-refractivity contribution in [3.8, 4) is 11.5 Å². The minimum absolute atomic E-state index is 0.0551. The van der Waals surface area contributed by atoms with Crippen LogP contribution in [0.15, 0.2) is 49.1 Å². The summed E-state index contributed by atoms with van der Waals surface area (Å²) >= 11 is 0. The number of nitrogens with zero attached hydrogens (tertiary/aromatic N) is 1. The molecule has 1 spiro atoms. The second-order valence-electron chi connectivity index (χ2n) is 13.2. The molecule has 1 N–H and O–H groups in total. The van der Waals surface area contributed by atoms with Gasteiger partial charge in [-0.2, -0.15) is 0 Å². The van der Waals surface area contributed by atoms with E-state index >= 15 is 0 Å². The van der Waals surface area contributed by atoms with Crippen molar-refractivity contribution >= 4 is 18.4 Å². The zero-order valence-corrected chi connectivity index (χ0v) is 23.9. The third-order valence-electron chi connectivity index (χ3n) is 10.6. The van der Waals surface area contributed by atoms with Gasteiger partial charge in [-0.1, -0.05) is 36.4 Å². The zero-order valence-electron chi connectivity index (χ0n) is 23.9. The van der Waals surface area contributed by atoms with Crippen LogP contribution in [0.3, 0.4) is 0 Å². The standard InChI is InChI=1S/C32H38BNO6/c1-6-16-34-17-15-32-26-22-11-12-25(27(26)38-28(32)24(35)13-14-31(32,36)18-23(22)34)37-19-20-7-9-21(10-8-20)33-39-29(2,3)30(4,5)40-33/h6-12,23,28,36H,1,13-19H2,2-5H3/t23?,28-,31-,32?/m1/s1. The fourth-order valence-corrected chi connectivity index (χ4v) is 7.70. The summed E-state index contributed by atoms with van der Waals surface area (Å²) in [7, 11) is -0.409. The summed E-state index contributed by atoms with van der Waals surface area (Å²) in [5, 5.41) is 12.1.